The van der Waals surface area contributed by atoms with Crippen molar-refractivity contribution in [1.82, 2.24) is 0 Å². The van der Waals surface area contributed by atoms with E-state index in [2.05, 4.69) is 101 Å². The Hall–Kier alpha value is -3.34. The Kier molecular flexibility index (Phi) is 4.61. The van der Waals surface area contributed by atoms with Crippen LogP contribution in [0.3, 0.4) is 0 Å². The lowest BCUT2D eigenvalue weighted by atomic mass is 9.71. The first-order valence-corrected chi connectivity index (χ1v) is 12.8. The van der Waals surface area contributed by atoms with Crippen molar-refractivity contribution in [3.05, 3.63) is 83.9 Å². The molecule has 4 heteroatoms. The number of hydrogen-bond acceptors (Lipinski definition) is 3. The van der Waals surface area contributed by atoms with Crippen LogP contribution >= 0.6 is 0 Å². The minimum Gasteiger partial charge on any atom is -0.455 e. The molecular weight excluding hydrogens is 443 g/mol. The zero-order valence-electron chi connectivity index (χ0n) is 21.2. The van der Waals surface area contributed by atoms with Crippen molar-refractivity contribution in [2.45, 2.75) is 51.7 Å². The molecule has 1 saturated heterocycles. The van der Waals surface area contributed by atoms with E-state index in [4.69, 9.17) is 13.7 Å². The highest BCUT2D eigenvalue weighted by molar-refractivity contribution is 6.63. The normalized spacial score (nSPS) is 18.4. The van der Waals surface area contributed by atoms with Crippen molar-refractivity contribution in [2.75, 3.05) is 0 Å². The first kappa shape index (κ1) is 21.9. The minimum atomic E-state index is -0.396. The van der Waals surface area contributed by atoms with Gasteiger partial charge in [0.05, 0.1) is 11.2 Å². The summed E-state index contributed by atoms with van der Waals surface area (Å²) in [6, 6.07) is 23.7. The molecule has 0 atom stereocenters. The lowest BCUT2D eigenvalue weighted by Crippen LogP contribution is -2.41. The average Bonchev–Trinajstić information content (AvgIpc) is 3.36. The minimum absolute atomic E-state index is 0.387. The third kappa shape index (κ3) is 3.14. The predicted octanol–water partition coefficient (Wildman–Crippen LogP) is 7.66. The first-order chi connectivity index (χ1) is 17.3. The molecule has 1 aromatic heterocycles. The topological polar surface area (TPSA) is 31.6 Å². The average molecular weight is 472 g/mol. The number of benzene rings is 4. The van der Waals surface area contributed by atoms with E-state index >= 15 is 0 Å². The zero-order chi connectivity index (χ0) is 24.7. The summed E-state index contributed by atoms with van der Waals surface area (Å²) in [7, 11) is -0.396. The molecular formula is C32H29BO3. The molecule has 0 unspecified atom stereocenters. The summed E-state index contributed by atoms with van der Waals surface area (Å²) in [4.78, 5) is 0. The lowest BCUT2D eigenvalue weighted by molar-refractivity contribution is 0.00578. The lowest BCUT2D eigenvalue weighted by Gasteiger charge is -2.32. The number of fused-ring (bicyclic) bond motifs is 6. The standard InChI is InChI=1S/C32H29BO3/c1-31(2)32(3,4)36-33(35-31)27-19-22(17-20-11-5-7-13-23(20)27)26-18-21-12-6-8-14-24(21)30-29(26)25-15-9-10-16-28(25)34-30/h5-6,8-12,14-19H,7,13H2,1-4H3. The van der Waals surface area contributed by atoms with Crippen LogP contribution in [-0.2, 0) is 15.7 Å². The van der Waals surface area contributed by atoms with Gasteiger partial charge in [0.1, 0.15) is 11.2 Å². The molecule has 0 radical (unpaired) electrons. The smallest absolute Gasteiger partial charge is 0.455 e. The van der Waals surface area contributed by atoms with E-state index in [0.717, 1.165) is 51.2 Å². The van der Waals surface area contributed by atoms with Crippen molar-refractivity contribution < 1.29 is 13.7 Å². The van der Waals surface area contributed by atoms with Crippen LogP contribution < -0.4 is 5.46 Å². The molecule has 2 aliphatic rings. The highest BCUT2D eigenvalue weighted by Gasteiger charge is 2.52. The van der Waals surface area contributed by atoms with E-state index in [1.807, 2.05) is 6.07 Å². The van der Waals surface area contributed by atoms with Gasteiger partial charge in [0.25, 0.3) is 0 Å². The van der Waals surface area contributed by atoms with Crippen LogP contribution in [0.15, 0.2) is 77.2 Å². The second-order valence-corrected chi connectivity index (χ2v) is 11.1. The summed E-state index contributed by atoms with van der Waals surface area (Å²) in [5.41, 5.74) is 7.12. The third-order valence-corrected chi connectivity index (χ3v) is 8.37. The highest BCUT2D eigenvalue weighted by Crippen LogP contribution is 2.42. The number of para-hydroxylation sites is 1. The summed E-state index contributed by atoms with van der Waals surface area (Å²) in [5.74, 6) is 0. The molecule has 5 aromatic rings. The molecule has 1 aliphatic heterocycles. The van der Waals surface area contributed by atoms with Gasteiger partial charge in [0, 0.05) is 16.2 Å². The Morgan fingerprint density at radius 3 is 2.33 bits per heavy atom. The quantitative estimate of drug-likeness (QED) is 0.247. The van der Waals surface area contributed by atoms with Gasteiger partial charge in [0.2, 0.25) is 0 Å². The Morgan fingerprint density at radius 1 is 0.806 bits per heavy atom. The van der Waals surface area contributed by atoms with Crippen LogP contribution in [0, 0.1) is 0 Å². The van der Waals surface area contributed by atoms with Gasteiger partial charge >= 0.3 is 7.12 Å². The Morgan fingerprint density at radius 2 is 1.53 bits per heavy atom. The molecule has 0 N–H and O–H groups in total. The van der Waals surface area contributed by atoms with Crippen LogP contribution in [-0.4, -0.2) is 18.3 Å². The highest BCUT2D eigenvalue weighted by atomic mass is 16.7. The van der Waals surface area contributed by atoms with Crippen molar-refractivity contribution in [3.63, 3.8) is 0 Å². The van der Waals surface area contributed by atoms with E-state index < -0.39 is 7.12 Å². The SMILES string of the molecule is CC1(C)OB(c2cc(-c3cc4ccccc4c4oc5ccccc5c34)cc3c2CCC=C3)OC1(C)C. The largest absolute Gasteiger partial charge is 0.495 e. The molecule has 0 spiro atoms. The van der Waals surface area contributed by atoms with E-state index in [1.54, 1.807) is 0 Å². The van der Waals surface area contributed by atoms with E-state index in [-0.39, 0.29) is 11.2 Å². The van der Waals surface area contributed by atoms with Gasteiger partial charge in [-0.3, -0.25) is 0 Å². The first-order valence-electron chi connectivity index (χ1n) is 12.8. The molecule has 0 bridgehead atoms. The summed E-state index contributed by atoms with van der Waals surface area (Å²) in [6.07, 6.45) is 6.55. The second kappa shape index (κ2) is 7.58. The molecule has 4 aromatic carbocycles. The number of allylic oxidation sites excluding steroid dienone is 1. The van der Waals surface area contributed by atoms with Crippen LogP contribution in [0.5, 0.6) is 0 Å². The molecule has 1 fully saturated rings. The fourth-order valence-electron chi connectivity index (χ4n) is 5.72. The second-order valence-electron chi connectivity index (χ2n) is 11.1. The van der Waals surface area contributed by atoms with Crippen molar-refractivity contribution >= 4 is 51.4 Å². The number of hydrogen-bond donors (Lipinski definition) is 0. The molecule has 36 heavy (non-hydrogen) atoms. The Balaban J connectivity index is 1.53. The van der Waals surface area contributed by atoms with Crippen molar-refractivity contribution in [3.8, 4) is 11.1 Å². The van der Waals surface area contributed by atoms with Crippen LogP contribution in [0.4, 0.5) is 0 Å². The van der Waals surface area contributed by atoms with Crippen molar-refractivity contribution in [1.29, 1.82) is 0 Å². The van der Waals surface area contributed by atoms with Crippen LogP contribution in [0.1, 0.15) is 45.2 Å². The van der Waals surface area contributed by atoms with E-state index in [0.29, 0.717) is 0 Å². The number of furan rings is 1. The number of rotatable bonds is 2. The summed E-state index contributed by atoms with van der Waals surface area (Å²) in [6.45, 7) is 8.47. The van der Waals surface area contributed by atoms with Crippen LogP contribution in [0.25, 0.3) is 49.9 Å². The van der Waals surface area contributed by atoms with E-state index in [9.17, 15) is 0 Å². The third-order valence-electron chi connectivity index (χ3n) is 8.37. The van der Waals surface area contributed by atoms with Gasteiger partial charge in [-0.25, -0.2) is 0 Å². The summed E-state index contributed by atoms with van der Waals surface area (Å²) >= 11 is 0. The molecule has 3 nitrogen and oxygen atoms in total. The molecule has 0 saturated carbocycles. The van der Waals surface area contributed by atoms with Crippen LogP contribution in [0.2, 0.25) is 0 Å². The molecule has 0 amide bonds. The summed E-state index contributed by atoms with van der Waals surface area (Å²) < 4.78 is 19.6. The fraction of sp³-hybridized carbons (Fsp3) is 0.250. The molecule has 7 rings (SSSR count). The maximum absolute atomic E-state index is 6.56. The molecule has 1 aliphatic carbocycles. The predicted molar refractivity (Wildman–Crippen MR) is 150 cm³/mol. The summed E-state index contributed by atoms with van der Waals surface area (Å²) in [5, 5.41) is 4.60. The van der Waals surface area contributed by atoms with Gasteiger partial charge < -0.3 is 13.7 Å². The van der Waals surface area contributed by atoms with Gasteiger partial charge in [-0.2, -0.15) is 0 Å². The van der Waals surface area contributed by atoms with Gasteiger partial charge in [-0.05, 0) is 91.8 Å². The van der Waals surface area contributed by atoms with Crippen molar-refractivity contribution in [2.24, 2.45) is 0 Å². The molecule has 178 valence electrons. The van der Waals surface area contributed by atoms with E-state index in [1.165, 1.54) is 22.1 Å². The van der Waals surface area contributed by atoms with Gasteiger partial charge in [0.15, 0.2) is 0 Å². The molecule has 2 heterocycles. The maximum Gasteiger partial charge on any atom is 0.495 e. The van der Waals surface area contributed by atoms with Gasteiger partial charge in [-0.15, -0.1) is 0 Å². The monoisotopic (exact) mass is 472 g/mol. The maximum atomic E-state index is 6.56. The Bertz CT molecular complexity index is 1690. The fourth-order valence-corrected chi connectivity index (χ4v) is 5.72. The van der Waals surface area contributed by atoms with Gasteiger partial charge in [-0.1, -0.05) is 60.7 Å². The zero-order valence-corrected chi connectivity index (χ0v) is 21.2. The Labute approximate surface area is 211 Å².